The molecule has 5 heteroatoms. The van der Waals surface area contributed by atoms with Crippen molar-refractivity contribution in [3.05, 3.63) is 12.2 Å². The van der Waals surface area contributed by atoms with Gasteiger partial charge in [0.1, 0.15) is 0 Å². The molecule has 0 aliphatic heterocycles. The number of hydrogen-bond donors (Lipinski definition) is 0. The summed E-state index contributed by atoms with van der Waals surface area (Å²) in [5, 5.41) is 0. The van der Waals surface area contributed by atoms with Crippen molar-refractivity contribution in [1.82, 2.24) is 0 Å². The smallest absolute Gasteiger partial charge is 0.335 e. The summed E-state index contributed by atoms with van der Waals surface area (Å²) in [4.78, 5) is 11.3. The Bertz CT molecular complexity index is 233. The van der Waals surface area contributed by atoms with E-state index in [2.05, 4.69) is 26.2 Å². The molecule has 1 unspecified atom stereocenters. The lowest BCUT2D eigenvalue weighted by molar-refractivity contribution is -0.160. The second-order valence-corrected chi connectivity index (χ2v) is 10.1. The number of rotatable bonds is 6. The lowest BCUT2D eigenvalue weighted by Crippen LogP contribution is -2.34. The summed E-state index contributed by atoms with van der Waals surface area (Å²) in [5.41, 5.74) is 0.424. The highest BCUT2D eigenvalue weighted by Crippen LogP contribution is 2.13. The van der Waals surface area contributed by atoms with Gasteiger partial charge in [-0.2, -0.15) is 0 Å². The molecule has 0 saturated carbocycles. The van der Waals surface area contributed by atoms with Gasteiger partial charge in [-0.3, -0.25) is 0 Å². The summed E-state index contributed by atoms with van der Waals surface area (Å²) in [7, 11) is -0.554. The Morgan fingerprint density at radius 2 is 2.00 bits per heavy atom. The van der Waals surface area contributed by atoms with Gasteiger partial charge in [-0.15, -0.1) is 0 Å². The predicted octanol–water partition coefficient (Wildman–Crippen LogP) is 1.46. The molecule has 0 rings (SSSR count). The molecule has 0 spiro atoms. The Hall–Kier alpha value is -0.396. The number of hydrogen-bond acceptors (Lipinski definition) is 3. The van der Waals surface area contributed by atoms with Gasteiger partial charge in [-0.05, 0) is 26.6 Å². The summed E-state index contributed by atoms with van der Waals surface area (Å²) in [6.07, 6.45) is 0.425. The van der Waals surface area contributed by atoms with Gasteiger partial charge in [-0.25, -0.2) is 4.79 Å². The van der Waals surface area contributed by atoms with Crippen molar-refractivity contribution in [1.29, 1.82) is 0 Å². The van der Waals surface area contributed by atoms with Crippen LogP contribution in [0.15, 0.2) is 12.2 Å². The van der Waals surface area contributed by atoms with E-state index < -0.39 is 8.32 Å². The van der Waals surface area contributed by atoms with Crippen LogP contribution in [0.4, 0.5) is 0 Å². The van der Waals surface area contributed by atoms with E-state index in [1.807, 2.05) is 0 Å². The normalized spacial score (nSPS) is 13.6. The highest BCUT2D eigenvalue weighted by atomic mass is 28.4. The van der Waals surface area contributed by atoms with Gasteiger partial charge in [0.15, 0.2) is 14.6 Å². The average molecular weight is 246 g/mol. The zero-order valence-electron chi connectivity index (χ0n) is 10.4. The first-order valence-electron chi connectivity index (χ1n) is 5.30. The van der Waals surface area contributed by atoms with Crippen LogP contribution in [0.3, 0.4) is 0 Å². The van der Waals surface area contributed by atoms with Gasteiger partial charge < -0.3 is 9.16 Å². The Morgan fingerprint density at radius 1 is 1.47 bits per heavy atom. The largest absolute Gasteiger partial charge is 0.433 e. The topological polar surface area (TPSA) is 35.5 Å². The van der Waals surface area contributed by atoms with Crippen LogP contribution in [-0.4, -0.2) is 30.8 Å². The number of ether oxygens (including phenoxy) is 1. The Kier molecular flexibility index (Phi) is 6.08. The predicted molar refractivity (Wildman–Crippen MR) is 68.5 cm³/mol. The fourth-order valence-electron chi connectivity index (χ4n) is 0.992. The van der Waals surface area contributed by atoms with Crippen LogP contribution in [0.5, 0.6) is 0 Å². The second-order valence-electron chi connectivity index (χ2n) is 4.63. The van der Waals surface area contributed by atoms with Crippen LogP contribution >= 0.6 is 0 Å². The van der Waals surface area contributed by atoms with Gasteiger partial charge in [0, 0.05) is 22.2 Å². The third-order valence-corrected chi connectivity index (χ3v) is 3.14. The molecule has 0 amide bonds. The van der Waals surface area contributed by atoms with Crippen LogP contribution in [0.2, 0.25) is 25.7 Å². The SMILES string of the molecule is C=C(C)C(=O)OC(CC[SiH3])O[Si](C)(C)C. The maximum atomic E-state index is 11.3. The fourth-order valence-corrected chi connectivity index (χ4v) is 2.42. The molecular weight excluding hydrogens is 224 g/mol. The molecule has 3 nitrogen and oxygen atoms in total. The van der Waals surface area contributed by atoms with Gasteiger partial charge in [-0.1, -0.05) is 12.6 Å². The van der Waals surface area contributed by atoms with Gasteiger partial charge in [0.25, 0.3) is 0 Å². The van der Waals surface area contributed by atoms with E-state index in [1.165, 1.54) is 0 Å². The highest BCUT2D eigenvalue weighted by Gasteiger charge is 2.23. The Morgan fingerprint density at radius 3 is 2.33 bits per heavy atom. The standard InChI is InChI=1S/C10H22O3Si2/c1-8(2)10(11)12-9(6-7-14)13-15(3,4)5/h9H,1,6-7H2,2-5,14H3. The van der Waals surface area contributed by atoms with Crippen molar-refractivity contribution in [2.24, 2.45) is 0 Å². The molecule has 15 heavy (non-hydrogen) atoms. The number of carbonyl (C=O) groups is 1. The van der Waals surface area contributed by atoms with Crippen molar-refractivity contribution in [2.75, 3.05) is 0 Å². The molecular formula is C10H22O3Si2. The molecule has 0 aliphatic carbocycles. The van der Waals surface area contributed by atoms with Crippen molar-refractivity contribution in [3.63, 3.8) is 0 Å². The maximum Gasteiger partial charge on any atom is 0.335 e. The minimum absolute atomic E-state index is 0.353. The molecule has 1 atom stereocenters. The van der Waals surface area contributed by atoms with E-state index in [1.54, 1.807) is 6.92 Å². The van der Waals surface area contributed by atoms with Crippen LogP contribution in [0.1, 0.15) is 13.3 Å². The van der Waals surface area contributed by atoms with Crippen molar-refractivity contribution in [3.8, 4) is 0 Å². The molecule has 0 aromatic carbocycles. The van der Waals surface area contributed by atoms with Crippen molar-refractivity contribution in [2.45, 2.75) is 45.3 Å². The molecule has 0 bridgehead atoms. The molecule has 0 heterocycles. The number of carbonyl (C=O) groups excluding carboxylic acids is 1. The maximum absolute atomic E-state index is 11.3. The van der Waals surface area contributed by atoms with E-state index in [9.17, 15) is 4.79 Å². The molecule has 0 saturated heterocycles. The van der Waals surface area contributed by atoms with E-state index in [0.29, 0.717) is 5.57 Å². The zero-order chi connectivity index (χ0) is 12.1. The first kappa shape index (κ1) is 14.6. The van der Waals surface area contributed by atoms with E-state index in [-0.39, 0.29) is 12.3 Å². The second kappa shape index (κ2) is 6.24. The summed E-state index contributed by atoms with van der Waals surface area (Å²) < 4.78 is 11.0. The Labute approximate surface area is 96.4 Å². The van der Waals surface area contributed by atoms with Crippen molar-refractivity contribution >= 4 is 24.5 Å². The fraction of sp³-hybridized carbons (Fsp3) is 0.700. The molecule has 0 N–H and O–H groups in total. The zero-order valence-corrected chi connectivity index (χ0v) is 13.4. The van der Waals surface area contributed by atoms with E-state index in [4.69, 9.17) is 9.16 Å². The summed E-state index contributed by atoms with van der Waals surface area (Å²) in [6, 6.07) is 1.07. The minimum atomic E-state index is -1.65. The molecule has 0 aromatic rings. The lowest BCUT2D eigenvalue weighted by atomic mass is 10.3. The highest BCUT2D eigenvalue weighted by molar-refractivity contribution is 6.69. The molecule has 0 radical (unpaired) electrons. The number of esters is 1. The average Bonchev–Trinajstić information content (AvgIpc) is 2.00. The lowest BCUT2D eigenvalue weighted by Gasteiger charge is -2.25. The molecule has 0 aliphatic rings. The third kappa shape index (κ3) is 7.52. The van der Waals surface area contributed by atoms with Gasteiger partial charge in [0.2, 0.25) is 0 Å². The molecule has 0 fully saturated rings. The molecule has 88 valence electrons. The minimum Gasteiger partial charge on any atom is -0.433 e. The first-order valence-corrected chi connectivity index (χ1v) is 10.1. The molecule has 0 aromatic heterocycles. The first-order chi connectivity index (χ1) is 6.76. The van der Waals surface area contributed by atoms with Crippen LogP contribution in [0, 0.1) is 0 Å². The monoisotopic (exact) mass is 246 g/mol. The summed E-state index contributed by atoms with van der Waals surface area (Å²) in [6.45, 7) is 11.5. The Balaban J connectivity index is 4.28. The van der Waals surface area contributed by atoms with Crippen molar-refractivity contribution < 1.29 is 14.0 Å². The van der Waals surface area contributed by atoms with Crippen LogP contribution in [-0.2, 0) is 14.0 Å². The van der Waals surface area contributed by atoms with Crippen LogP contribution in [0.25, 0.3) is 0 Å². The van der Waals surface area contributed by atoms with Gasteiger partial charge >= 0.3 is 5.97 Å². The third-order valence-electron chi connectivity index (χ3n) is 1.60. The van der Waals surface area contributed by atoms with E-state index >= 15 is 0 Å². The quantitative estimate of drug-likeness (QED) is 0.308. The summed E-state index contributed by atoms with van der Waals surface area (Å²) >= 11 is 0. The summed E-state index contributed by atoms with van der Waals surface area (Å²) in [5.74, 6) is -0.353. The van der Waals surface area contributed by atoms with E-state index in [0.717, 1.165) is 22.7 Å². The van der Waals surface area contributed by atoms with Gasteiger partial charge in [0.05, 0.1) is 0 Å². The van der Waals surface area contributed by atoms with Crippen LogP contribution < -0.4 is 0 Å².